The van der Waals surface area contributed by atoms with Crippen molar-refractivity contribution in [2.75, 3.05) is 13.1 Å². The minimum Gasteiger partial charge on any atom is -0.329 e. The number of benzene rings is 1. The molecule has 0 amide bonds. The van der Waals surface area contributed by atoms with E-state index >= 15 is 0 Å². The first-order valence-electron chi connectivity index (χ1n) is 7.48. The van der Waals surface area contributed by atoms with Crippen LogP contribution in [0.3, 0.4) is 0 Å². The fourth-order valence-corrected chi connectivity index (χ4v) is 3.88. The Labute approximate surface area is 125 Å². The van der Waals surface area contributed by atoms with Crippen molar-refractivity contribution in [3.8, 4) is 0 Å². The third-order valence-electron chi connectivity index (χ3n) is 4.30. The van der Waals surface area contributed by atoms with Gasteiger partial charge in [0, 0.05) is 23.1 Å². The third-order valence-corrected chi connectivity index (χ3v) is 5.02. The minimum atomic E-state index is 0.337. The second-order valence-corrected chi connectivity index (χ2v) is 6.25. The van der Waals surface area contributed by atoms with Gasteiger partial charge in [-0.05, 0) is 31.0 Å². The van der Waals surface area contributed by atoms with Crippen molar-refractivity contribution in [2.24, 2.45) is 5.73 Å². The molecule has 0 radical (unpaired) electrons. The average molecular weight is 325 g/mol. The van der Waals surface area contributed by atoms with E-state index in [0.717, 1.165) is 6.54 Å². The molecular weight excluding hydrogens is 300 g/mol. The van der Waals surface area contributed by atoms with E-state index in [1.807, 2.05) is 0 Å². The first-order chi connectivity index (χ1) is 9.27. The molecule has 1 atom stereocenters. The van der Waals surface area contributed by atoms with Crippen molar-refractivity contribution in [1.29, 1.82) is 0 Å². The van der Waals surface area contributed by atoms with Crippen LogP contribution in [-0.2, 0) is 0 Å². The van der Waals surface area contributed by atoms with E-state index in [4.69, 9.17) is 5.73 Å². The molecule has 1 unspecified atom stereocenters. The number of rotatable bonds is 5. The molecule has 1 aliphatic carbocycles. The molecule has 0 saturated heterocycles. The van der Waals surface area contributed by atoms with Gasteiger partial charge in [-0.2, -0.15) is 0 Å². The molecule has 3 heteroatoms. The number of nitrogens with zero attached hydrogens (tertiary/aromatic N) is 1. The first-order valence-corrected chi connectivity index (χ1v) is 8.27. The van der Waals surface area contributed by atoms with E-state index in [9.17, 15) is 0 Å². The van der Waals surface area contributed by atoms with Crippen LogP contribution in [0.5, 0.6) is 0 Å². The lowest BCUT2D eigenvalue weighted by atomic mass is 9.92. The number of hydrogen-bond acceptors (Lipinski definition) is 2. The zero-order valence-electron chi connectivity index (χ0n) is 11.8. The van der Waals surface area contributed by atoms with Crippen LogP contribution in [0.2, 0.25) is 0 Å². The zero-order valence-corrected chi connectivity index (χ0v) is 13.4. The minimum absolute atomic E-state index is 0.337. The van der Waals surface area contributed by atoms with Crippen LogP contribution in [0.25, 0.3) is 0 Å². The molecule has 0 bridgehead atoms. The Hall–Kier alpha value is -0.380. The predicted octanol–water partition coefficient (Wildman–Crippen LogP) is 4.10. The van der Waals surface area contributed by atoms with E-state index in [1.165, 1.54) is 42.1 Å². The average Bonchev–Trinajstić information content (AvgIpc) is 2.46. The summed E-state index contributed by atoms with van der Waals surface area (Å²) in [6.07, 6.45) is 6.79. The van der Waals surface area contributed by atoms with E-state index in [2.05, 4.69) is 52.0 Å². The SMILES string of the molecule is CCN(C1CCCCC1)C(CN)c1ccccc1Br. The van der Waals surface area contributed by atoms with E-state index in [1.54, 1.807) is 0 Å². The van der Waals surface area contributed by atoms with Gasteiger partial charge in [0.1, 0.15) is 0 Å². The number of hydrogen-bond donors (Lipinski definition) is 1. The Morgan fingerprint density at radius 2 is 1.95 bits per heavy atom. The lowest BCUT2D eigenvalue weighted by molar-refractivity contribution is 0.113. The largest absolute Gasteiger partial charge is 0.329 e. The molecule has 1 aromatic rings. The van der Waals surface area contributed by atoms with E-state index in [0.29, 0.717) is 18.6 Å². The lowest BCUT2D eigenvalue weighted by Gasteiger charge is -2.39. The second kappa shape index (κ2) is 7.41. The molecule has 1 aliphatic rings. The van der Waals surface area contributed by atoms with E-state index in [-0.39, 0.29) is 0 Å². The van der Waals surface area contributed by atoms with Gasteiger partial charge in [-0.15, -0.1) is 0 Å². The fraction of sp³-hybridized carbons (Fsp3) is 0.625. The summed E-state index contributed by atoms with van der Waals surface area (Å²) in [6, 6.07) is 9.54. The molecule has 0 aromatic heterocycles. The summed E-state index contributed by atoms with van der Waals surface area (Å²) in [7, 11) is 0. The zero-order chi connectivity index (χ0) is 13.7. The predicted molar refractivity (Wildman–Crippen MR) is 85.2 cm³/mol. The summed E-state index contributed by atoms with van der Waals surface area (Å²) >= 11 is 3.68. The van der Waals surface area contributed by atoms with Gasteiger partial charge in [-0.25, -0.2) is 0 Å². The van der Waals surface area contributed by atoms with Gasteiger partial charge in [0.25, 0.3) is 0 Å². The quantitative estimate of drug-likeness (QED) is 0.883. The number of likely N-dealkylation sites (N-methyl/N-ethyl adjacent to an activating group) is 1. The third kappa shape index (κ3) is 3.59. The van der Waals surface area contributed by atoms with Crippen LogP contribution in [0.4, 0.5) is 0 Å². The molecule has 19 heavy (non-hydrogen) atoms. The van der Waals surface area contributed by atoms with Gasteiger partial charge in [0.2, 0.25) is 0 Å². The number of nitrogens with two attached hydrogens (primary N) is 1. The number of halogens is 1. The molecule has 1 saturated carbocycles. The maximum absolute atomic E-state index is 6.09. The van der Waals surface area contributed by atoms with Crippen LogP contribution in [-0.4, -0.2) is 24.0 Å². The van der Waals surface area contributed by atoms with Crippen molar-refractivity contribution in [3.63, 3.8) is 0 Å². The van der Waals surface area contributed by atoms with E-state index < -0.39 is 0 Å². The first kappa shape index (κ1) is 15.0. The van der Waals surface area contributed by atoms with Crippen LogP contribution in [0, 0.1) is 0 Å². The standard InChI is InChI=1S/C16H25BrN2/c1-2-19(13-8-4-3-5-9-13)16(12-18)14-10-6-7-11-15(14)17/h6-7,10-11,13,16H,2-5,8-9,12,18H2,1H3. The smallest absolute Gasteiger partial charge is 0.0484 e. The summed E-state index contributed by atoms with van der Waals surface area (Å²) < 4.78 is 1.18. The summed E-state index contributed by atoms with van der Waals surface area (Å²) in [4.78, 5) is 2.61. The molecule has 1 fully saturated rings. The fourth-order valence-electron chi connectivity index (χ4n) is 3.33. The van der Waals surface area contributed by atoms with Gasteiger partial charge in [-0.3, -0.25) is 4.90 Å². The Kier molecular flexibility index (Phi) is 5.86. The highest BCUT2D eigenvalue weighted by Gasteiger charge is 2.27. The Balaban J connectivity index is 2.20. The van der Waals surface area contributed by atoms with Crippen LogP contribution in [0.1, 0.15) is 50.6 Å². The molecule has 2 nitrogen and oxygen atoms in total. The molecule has 2 N–H and O–H groups in total. The topological polar surface area (TPSA) is 29.3 Å². The summed E-state index contributed by atoms with van der Waals surface area (Å²) in [6.45, 7) is 4.02. The Morgan fingerprint density at radius 1 is 1.26 bits per heavy atom. The molecule has 2 rings (SSSR count). The Bertz CT molecular complexity index is 388. The highest BCUT2D eigenvalue weighted by Crippen LogP contribution is 2.32. The van der Waals surface area contributed by atoms with Gasteiger partial charge < -0.3 is 5.73 Å². The maximum Gasteiger partial charge on any atom is 0.0484 e. The molecular formula is C16H25BrN2. The van der Waals surface area contributed by atoms with Crippen molar-refractivity contribution >= 4 is 15.9 Å². The molecule has 0 aliphatic heterocycles. The second-order valence-electron chi connectivity index (χ2n) is 5.40. The van der Waals surface area contributed by atoms with Crippen molar-refractivity contribution in [2.45, 2.75) is 51.1 Å². The van der Waals surface area contributed by atoms with Crippen molar-refractivity contribution in [1.82, 2.24) is 4.90 Å². The van der Waals surface area contributed by atoms with Gasteiger partial charge in [0.15, 0.2) is 0 Å². The lowest BCUT2D eigenvalue weighted by Crippen LogP contribution is -2.42. The van der Waals surface area contributed by atoms with Crippen molar-refractivity contribution in [3.05, 3.63) is 34.3 Å². The molecule has 0 heterocycles. The van der Waals surface area contributed by atoms with Crippen molar-refractivity contribution < 1.29 is 0 Å². The highest BCUT2D eigenvalue weighted by molar-refractivity contribution is 9.10. The molecule has 1 aromatic carbocycles. The Morgan fingerprint density at radius 3 is 2.53 bits per heavy atom. The highest BCUT2D eigenvalue weighted by atomic mass is 79.9. The normalized spacial score (nSPS) is 18.7. The van der Waals surface area contributed by atoms with Gasteiger partial charge >= 0.3 is 0 Å². The maximum atomic E-state index is 6.09. The van der Waals surface area contributed by atoms with Crippen LogP contribution in [0.15, 0.2) is 28.7 Å². The molecule has 106 valence electrons. The van der Waals surface area contributed by atoms with Gasteiger partial charge in [0.05, 0.1) is 0 Å². The van der Waals surface area contributed by atoms with Gasteiger partial charge in [-0.1, -0.05) is 60.3 Å². The monoisotopic (exact) mass is 324 g/mol. The van der Waals surface area contributed by atoms with Crippen LogP contribution < -0.4 is 5.73 Å². The molecule has 0 spiro atoms. The summed E-state index contributed by atoms with van der Waals surface area (Å²) in [5, 5.41) is 0. The summed E-state index contributed by atoms with van der Waals surface area (Å²) in [5.41, 5.74) is 7.43. The summed E-state index contributed by atoms with van der Waals surface area (Å²) in [5.74, 6) is 0. The van der Waals surface area contributed by atoms with Crippen LogP contribution >= 0.6 is 15.9 Å².